The lowest BCUT2D eigenvalue weighted by Gasteiger charge is -2.33. The van der Waals surface area contributed by atoms with E-state index in [1.165, 1.54) is 0 Å². The van der Waals surface area contributed by atoms with Gasteiger partial charge in [0.2, 0.25) is 5.91 Å². The molecule has 1 fully saturated rings. The monoisotopic (exact) mass is 308 g/mol. The molecule has 1 saturated heterocycles. The summed E-state index contributed by atoms with van der Waals surface area (Å²) in [6, 6.07) is 3.41. The van der Waals surface area contributed by atoms with Crippen LogP contribution in [0.1, 0.15) is 38.4 Å². The van der Waals surface area contributed by atoms with Crippen molar-refractivity contribution < 1.29 is 18.7 Å². The van der Waals surface area contributed by atoms with Gasteiger partial charge in [0.25, 0.3) is 0 Å². The Kier molecular flexibility index (Phi) is 6.45. The van der Waals surface area contributed by atoms with Gasteiger partial charge in [-0.1, -0.05) is 6.42 Å². The molecule has 6 nitrogen and oxygen atoms in total. The van der Waals surface area contributed by atoms with Gasteiger partial charge in [-0.2, -0.15) is 0 Å². The molecule has 0 aromatic carbocycles. The zero-order valence-electron chi connectivity index (χ0n) is 13.0. The van der Waals surface area contributed by atoms with Crippen molar-refractivity contribution in [2.24, 2.45) is 0 Å². The Morgan fingerprint density at radius 3 is 3.05 bits per heavy atom. The maximum absolute atomic E-state index is 12.0. The van der Waals surface area contributed by atoms with Gasteiger partial charge in [0.15, 0.2) is 0 Å². The van der Waals surface area contributed by atoms with Gasteiger partial charge in [-0.25, -0.2) is 0 Å². The van der Waals surface area contributed by atoms with Gasteiger partial charge >= 0.3 is 5.97 Å². The summed E-state index contributed by atoms with van der Waals surface area (Å²) in [6.45, 7) is 4.02. The van der Waals surface area contributed by atoms with Gasteiger partial charge in [0, 0.05) is 13.0 Å². The predicted molar refractivity (Wildman–Crippen MR) is 81.0 cm³/mol. The van der Waals surface area contributed by atoms with E-state index in [9.17, 15) is 9.59 Å². The number of esters is 1. The maximum atomic E-state index is 12.0. The summed E-state index contributed by atoms with van der Waals surface area (Å²) >= 11 is 0. The molecule has 1 atom stereocenters. The lowest BCUT2D eigenvalue weighted by atomic mass is 10.0. The van der Waals surface area contributed by atoms with Gasteiger partial charge in [-0.05, 0) is 38.4 Å². The van der Waals surface area contributed by atoms with E-state index in [0.717, 1.165) is 31.6 Å². The number of likely N-dealkylation sites (tertiary alicyclic amines) is 1. The molecule has 1 aliphatic heterocycles. The standard InChI is InChI=1S/C16H24N2O4/c1-2-21-16(20)14-7-3-4-9-18(14)10-8-15(19)17-12-13-6-5-11-22-13/h5-6,11,14H,2-4,7-10,12H2,1H3,(H,17,19). The molecule has 0 bridgehead atoms. The van der Waals surface area contributed by atoms with Crippen LogP contribution in [0.2, 0.25) is 0 Å². The van der Waals surface area contributed by atoms with Crippen molar-refractivity contribution in [3.8, 4) is 0 Å². The van der Waals surface area contributed by atoms with Crippen LogP contribution in [0.25, 0.3) is 0 Å². The topological polar surface area (TPSA) is 71.8 Å². The number of ether oxygens (including phenoxy) is 1. The van der Waals surface area contributed by atoms with Crippen LogP contribution in [0.5, 0.6) is 0 Å². The number of furan rings is 1. The normalized spacial score (nSPS) is 18.9. The molecule has 0 saturated carbocycles. The minimum atomic E-state index is -0.202. The third-order valence-corrected chi connectivity index (χ3v) is 3.84. The summed E-state index contributed by atoms with van der Waals surface area (Å²) in [6.07, 6.45) is 4.86. The molecule has 1 unspecified atom stereocenters. The Labute approximate surface area is 130 Å². The van der Waals surface area contributed by atoms with Crippen LogP contribution < -0.4 is 5.32 Å². The molecule has 122 valence electrons. The highest BCUT2D eigenvalue weighted by Gasteiger charge is 2.29. The number of hydrogen-bond donors (Lipinski definition) is 1. The third-order valence-electron chi connectivity index (χ3n) is 3.84. The van der Waals surface area contributed by atoms with Crippen molar-refractivity contribution in [3.63, 3.8) is 0 Å². The van der Waals surface area contributed by atoms with E-state index >= 15 is 0 Å². The van der Waals surface area contributed by atoms with Crippen molar-refractivity contribution in [1.29, 1.82) is 0 Å². The average molecular weight is 308 g/mol. The van der Waals surface area contributed by atoms with Crippen molar-refractivity contribution >= 4 is 11.9 Å². The first-order chi connectivity index (χ1) is 10.7. The van der Waals surface area contributed by atoms with Crippen LogP contribution in [0.4, 0.5) is 0 Å². The van der Waals surface area contributed by atoms with Crippen LogP contribution >= 0.6 is 0 Å². The minimum absolute atomic E-state index is 0.0374. The summed E-state index contributed by atoms with van der Waals surface area (Å²) in [5.41, 5.74) is 0. The fourth-order valence-electron chi connectivity index (χ4n) is 2.70. The molecular formula is C16H24N2O4. The van der Waals surface area contributed by atoms with Gasteiger partial charge in [-0.15, -0.1) is 0 Å². The van der Waals surface area contributed by atoms with Crippen molar-refractivity contribution in [1.82, 2.24) is 10.2 Å². The Hall–Kier alpha value is -1.82. The molecule has 2 heterocycles. The molecule has 6 heteroatoms. The van der Waals surface area contributed by atoms with Gasteiger partial charge < -0.3 is 14.5 Å². The largest absolute Gasteiger partial charge is 0.467 e. The number of rotatable bonds is 7. The number of nitrogens with zero attached hydrogens (tertiary/aromatic N) is 1. The number of amides is 1. The SMILES string of the molecule is CCOC(=O)C1CCCCN1CCC(=O)NCc1ccco1. The highest BCUT2D eigenvalue weighted by molar-refractivity contribution is 5.77. The molecule has 1 aromatic heterocycles. The van der Waals surface area contributed by atoms with Gasteiger partial charge in [0.05, 0.1) is 19.4 Å². The Bertz CT molecular complexity index is 473. The van der Waals surface area contributed by atoms with E-state index in [4.69, 9.17) is 9.15 Å². The summed E-state index contributed by atoms with van der Waals surface area (Å²) in [5, 5.41) is 2.82. The summed E-state index contributed by atoms with van der Waals surface area (Å²) in [5.74, 6) is 0.526. The zero-order valence-corrected chi connectivity index (χ0v) is 13.0. The van der Waals surface area contributed by atoms with E-state index in [2.05, 4.69) is 10.2 Å². The molecule has 1 amide bonds. The number of carbonyl (C=O) groups excluding carboxylic acids is 2. The van der Waals surface area contributed by atoms with E-state index < -0.39 is 0 Å². The van der Waals surface area contributed by atoms with E-state index in [-0.39, 0.29) is 17.9 Å². The molecule has 2 rings (SSSR count). The van der Waals surface area contributed by atoms with E-state index in [1.54, 1.807) is 12.3 Å². The van der Waals surface area contributed by atoms with Crippen LogP contribution in [0.15, 0.2) is 22.8 Å². The molecule has 0 radical (unpaired) electrons. The molecule has 1 aromatic rings. The van der Waals surface area contributed by atoms with Crippen molar-refractivity contribution in [2.45, 2.75) is 45.2 Å². The second-order valence-electron chi connectivity index (χ2n) is 5.41. The lowest BCUT2D eigenvalue weighted by Crippen LogP contribution is -2.46. The summed E-state index contributed by atoms with van der Waals surface area (Å²) in [7, 11) is 0. The molecule has 22 heavy (non-hydrogen) atoms. The van der Waals surface area contributed by atoms with Crippen LogP contribution in [-0.2, 0) is 20.9 Å². The van der Waals surface area contributed by atoms with Crippen molar-refractivity contribution in [2.75, 3.05) is 19.7 Å². The van der Waals surface area contributed by atoms with E-state index in [0.29, 0.717) is 26.1 Å². The minimum Gasteiger partial charge on any atom is -0.467 e. The van der Waals surface area contributed by atoms with Crippen molar-refractivity contribution in [3.05, 3.63) is 24.2 Å². The molecule has 1 aliphatic rings. The predicted octanol–water partition coefficient (Wildman–Crippen LogP) is 1.70. The van der Waals surface area contributed by atoms with E-state index in [1.807, 2.05) is 13.0 Å². The smallest absolute Gasteiger partial charge is 0.323 e. The molecular weight excluding hydrogens is 284 g/mol. The van der Waals surface area contributed by atoms with Gasteiger partial charge in [0.1, 0.15) is 11.8 Å². The molecule has 0 spiro atoms. The Balaban J connectivity index is 1.75. The highest BCUT2D eigenvalue weighted by Crippen LogP contribution is 2.18. The fraction of sp³-hybridized carbons (Fsp3) is 0.625. The summed E-state index contributed by atoms with van der Waals surface area (Å²) < 4.78 is 10.3. The molecule has 1 N–H and O–H groups in total. The average Bonchev–Trinajstić information content (AvgIpc) is 3.05. The number of nitrogens with one attached hydrogen (secondary N) is 1. The maximum Gasteiger partial charge on any atom is 0.323 e. The number of carbonyl (C=O) groups is 2. The lowest BCUT2D eigenvalue weighted by molar-refractivity contribution is -0.151. The second-order valence-corrected chi connectivity index (χ2v) is 5.41. The Morgan fingerprint density at radius 1 is 1.45 bits per heavy atom. The fourth-order valence-corrected chi connectivity index (χ4v) is 2.70. The summed E-state index contributed by atoms with van der Waals surface area (Å²) in [4.78, 5) is 25.9. The third kappa shape index (κ3) is 4.87. The van der Waals surface area contributed by atoms with Crippen LogP contribution in [0, 0.1) is 0 Å². The van der Waals surface area contributed by atoms with Crippen LogP contribution in [0.3, 0.4) is 0 Å². The first kappa shape index (κ1) is 16.5. The number of piperidine rings is 1. The highest BCUT2D eigenvalue weighted by atomic mass is 16.5. The second kappa shape index (κ2) is 8.58. The Morgan fingerprint density at radius 2 is 2.32 bits per heavy atom. The molecule has 0 aliphatic carbocycles. The quantitative estimate of drug-likeness (QED) is 0.776. The van der Waals surface area contributed by atoms with Gasteiger partial charge in [-0.3, -0.25) is 14.5 Å². The first-order valence-electron chi connectivity index (χ1n) is 7.90. The number of hydrogen-bond acceptors (Lipinski definition) is 5. The zero-order chi connectivity index (χ0) is 15.8. The first-order valence-corrected chi connectivity index (χ1v) is 7.90. The van der Waals surface area contributed by atoms with Crippen LogP contribution in [-0.4, -0.2) is 42.5 Å².